The Morgan fingerprint density at radius 3 is 3.00 bits per heavy atom. The molecule has 0 amide bonds. The minimum atomic E-state index is 0.275. The van der Waals surface area contributed by atoms with Crippen LogP contribution < -0.4 is 5.32 Å². The first-order valence-corrected chi connectivity index (χ1v) is 5.32. The van der Waals surface area contributed by atoms with Crippen molar-refractivity contribution in [2.45, 2.75) is 44.8 Å². The second-order valence-corrected chi connectivity index (χ2v) is 3.66. The monoisotopic (exact) mass is 187 g/mol. The molecule has 3 nitrogen and oxygen atoms in total. The number of aliphatic hydroxyl groups is 1. The van der Waals surface area contributed by atoms with Gasteiger partial charge in [0.15, 0.2) is 0 Å². The number of hydrogen-bond acceptors (Lipinski definition) is 3. The SMILES string of the molecule is CCC(CCO)NCC1CCCO1. The lowest BCUT2D eigenvalue weighted by Gasteiger charge is -2.18. The average Bonchev–Trinajstić information content (AvgIpc) is 2.64. The van der Waals surface area contributed by atoms with E-state index < -0.39 is 0 Å². The summed E-state index contributed by atoms with van der Waals surface area (Å²) in [6.07, 6.45) is 4.72. The molecular weight excluding hydrogens is 166 g/mol. The first-order chi connectivity index (χ1) is 6.36. The zero-order valence-corrected chi connectivity index (χ0v) is 8.46. The van der Waals surface area contributed by atoms with Crippen molar-refractivity contribution in [1.29, 1.82) is 0 Å². The van der Waals surface area contributed by atoms with E-state index in [0.29, 0.717) is 12.1 Å². The summed E-state index contributed by atoms with van der Waals surface area (Å²) in [5, 5.41) is 12.2. The summed E-state index contributed by atoms with van der Waals surface area (Å²) in [6.45, 7) is 4.28. The topological polar surface area (TPSA) is 41.5 Å². The van der Waals surface area contributed by atoms with Gasteiger partial charge in [0, 0.05) is 25.8 Å². The van der Waals surface area contributed by atoms with Crippen LogP contribution in [0.4, 0.5) is 0 Å². The van der Waals surface area contributed by atoms with Crippen molar-refractivity contribution in [3.8, 4) is 0 Å². The molecule has 0 bridgehead atoms. The first-order valence-electron chi connectivity index (χ1n) is 5.32. The third-order valence-electron chi connectivity index (χ3n) is 2.63. The zero-order valence-electron chi connectivity index (χ0n) is 8.46. The molecule has 0 aliphatic carbocycles. The third-order valence-corrected chi connectivity index (χ3v) is 2.63. The van der Waals surface area contributed by atoms with Crippen molar-refractivity contribution < 1.29 is 9.84 Å². The fourth-order valence-electron chi connectivity index (χ4n) is 1.71. The predicted octanol–water partition coefficient (Wildman–Crippen LogP) is 0.916. The molecule has 1 fully saturated rings. The Morgan fingerprint density at radius 1 is 1.62 bits per heavy atom. The maximum atomic E-state index is 8.79. The fourth-order valence-corrected chi connectivity index (χ4v) is 1.71. The summed E-state index contributed by atoms with van der Waals surface area (Å²) in [7, 11) is 0. The van der Waals surface area contributed by atoms with Crippen LogP contribution in [0.1, 0.15) is 32.6 Å². The maximum absolute atomic E-state index is 8.79. The van der Waals surface area contributed by atoms with Gasteiger partial charge in [0.25, 0.3) is 0 Å². The minimum absolute atomic E-state index is 0.275. The largest absolute Gasteiger partial charge is 0.396 e. The molecule has 0 aromatic heterocycles. The van der Waals surface area contributed by atoms with Gasteiger partial charge >= 0.3 is 0 Å². The molecule has 3 heteroatoms. The second kappa shape index (κ2) is 6.35. The van der Waals surface area contributed by atoms with Crippen LogP contribution in [0.2, 0.25) is 0 Å². The van der Waals surface area contributed by atoms with Gasteiger partial charge in [0.2, 0.25) is 0 Å². The number of hydrogen-bond donors (Lipinski definition) is 2. The van der Waals surface area contributed by atoms with Crippen LogP contribution in [0.25, 0.3) is 0 Å². The van der Waals surface area contributed by atoms with Gasteiger partial charge in [-0.15, -0.1) is 0 Å². The van der Waals surface area contributed by atoms with Crippen LogP contribution in [0, 0.1) is 0 Å². The molecule has 2 atom stereocenters. The van der Waals surface area contributed by atoms with Crippen molar-refractivity contribution in [3.63, 3.8) is 0 Å². The lowest BCUT2D eigenvalue weighted by atomic mass is 10.1. The first kappa shape index (κ1) is 11.0. The number of nitrogens with one attached hydrogen (secondary N) is 1. The van der Waals surface area contributed by atoms with Crippen molar-refractivity contribution in [3.05, 3.63) is 0 Å². The van der Waals surface area contributed by atoms with Crippen LogP contribution in [-0.2, 0) is 4.74 Å². The molecule has 78 valence electrons. The third kappa shape index (κ3) is 4.07. The molecule has 2 unspecified atom stereocenters. The van der Waals surface area contributed by atoms with Gasteiger partial charge in [-0.25, -0.2) is 0 Å². The quantitative estimate of drug-likeness (QED) is 0.649. The van der Waals surface area contributed by atoms with Crippen LogP contribution in [-0.4, -0.2) is 37.0 Å². The molecular formula is C10H21NO2. The van der Waals surface area contributed by atoms with Gasteiger partial charge in [-0.2, -0.15) is 0 Å². The number of rotatable bonds is 6. The highest BCUT2D eigenvalue weighted by Crippen LogP contribution is 2.11. The van der Waals surface area contributed by atoms with E-state index in [2.05, 4.69) is 12.2 Å². The Bertz CT molecular complexity index is 124. The van der Waals surface area contributed by atoms with Crippen molar-refractivity contribution in [2.24, 2.45) is 0 Å². The van der Waals surface area contributed by atoms with E-state index in [1.807, 2.05) is 0 Å². The van der Waals surface area contributed by atoms with Gasteiger partial charge in [0.1, 0.15) is 0 Å². The lowest BCUT2D eigenvalue weighted by molar-refractivity contribution is 0.106. The van der Waals surface area contributed by atoms with E-state index in [-0.39, 0.29) is 6.61 Å². The second-order valence-electron chi connectivity index (χ2n) is 3.66. The highest BCUT2D eigenvalue weighted by Gasteiger charge is 2.16. The molecule has 0 aromatic rings. The van der Waals surface area contributed by atoms with E-state index in [4.69, 9.17) is 9.84 Å². The molecule has 0 saturated carbocycles. The van der Waals surface area contributed by atoms with Gasteiger partial charge in [-0.3, -0.25) is 0 Å². The van der Waals surface area contributed by atoms with E-state index in [1.54, 1.807) is 0 Å². The van der Waals surface area contributed by atoms with Crippen LogP contribution in [0.15, 0.2) is 0 Å². The molecule has 1 heterocycles. The Labute approximate surface area is 80.5 Å². The number of aliphatic hydroxyl groups excluding tert-OH is 1. The molecule has 1 saturated heterocycles. The van der Waals surface area contributed by atoms with Gasteiger partial charge in [-0.1, -0.05) is 6.92 Å². The summed E-state index contributed by atoms with van der Waals surface area (Å²) >= 11 is 0. The number of ether oxygens (including phenoxy) is 1. The van der Waals surface area contributed by atoms with Crippen LogP contribution >= 0.6 is 0 Å². The van der Waals surface area contributed by atoms with Gasteiger partial charge in [0.05, 0.1) is 6.10 Å². The molecule has 0 radical (unpaired) electrons. The highest BCUT2D eigenvalue weighted by atomic mass is 16.5. The fraction of sp³-hybridized carbons (Fsp3) is 1.00. The molecule has 1 aliphatic heterocycles. The van der Waals surface area contributed by atoms with E-state index in [1.165, 1.54) is 12.8 Å². The zero-order chi connectivity index (χ0) is 9.52. The average molecular weight is 187 g/mol. The summed E-state index contributed by atoms with van der Waals surface area (Å²) in [5.74, 6) is 0. The van der Waals surface area contributed by atoms with Crippen LogP contribution in [0.5, 0.6) is 0 Å². The highest BCUT2D eigenvalue weighted by molar-refractivity contribution is 4.71. The van der Waals surface area contributed by atoms with Gasteiger partial charge in [-0.05, 0) is 25.7 Å². The molecule has 2 N–H and O–H groups in total. The molecule has 0 spiro atoms. The predicted molar refractivity (Wildman–Crippen MR) is 52.8 cm³/mol. The Morgan fingerprint density at radius 2 is 2.46 bits per heavy atom. The van der Waals surface area contributed by atoms with Crippen molar-refractivity contribution in [2.75, 3.05) is 19.8 Å². The summed E-state index contributed by atoms with van der Waals surface area (Å²) in [4.78, 5) is 0. The van der Waals surface area contributed by atoms with Gasteiger partial charge < -0.3 is 15.2 Å². The smallest absolute Gasteiger partial charge is 0.0700 e. The standard InChI is InChI=1S/C10H21NO2/c1-2-9(5-6-12)11-8-10-4-3-7-13-10/h9-12H,2-8H2,1H3. The lowest BCUT2D eigenvalue weighted by Crippen LogP contribution is -2.35. The normalized spacial score (nSPS) is 24.9. The molecule has 1 aliphatic rings. The molecule has 0 aromatic carbocycles. The molecule has 1 rings (SSSR count). The van der Waals surface area contributed by atoms with E-state index >= 15 is 0 Å². The van der Waals surface area contributed by atoms with Crippen LogP contribution in [0.3, 0.4) is 0 Å². The Hall–Kier alpha value is -0.120. The minimum Gasteiger partial charge on any atom is -0.396 e. The summed E-state index contributed by atoms with van der Waals surface area (Å²) < 4.78 is 5.50. The van der Waals surface area contributed by atoms with E-state index in [9.17, 15) is 0 Å². The summed E-state index contributed by atoms with van der Waals surface area (Å²) in [5.41, 5.74) is 0. The van der Waals surface area contributed by atoms with Crippen molar-refractivity contribution in [1.82, 2.24) is 5.32 Å². The molecule has 13 heavy (non-hydrogen) atoms. The Balaban J connectivity index is 2.07. The summed E-state index contributed by atoms with van der Waals surface area (Å²) in [6, 6.07) is 0.453. The van der Waals surface area contributed by atoms with E-state index in [0.717, 1.165) is 26.0 Å². The maximum Gasteiger partial charge on any atom is 0.0700 e. The van der Waals surface area contributed by atoms with Crippen molar-refractivity contribution >= 4 is 0 Å². The Kier molecular flexibility index (Phi) is 5.35.